The van der Waals surface area contributed by atoms with Crippen LogP contribution in [0.5, 0.6) is 11.5 Å². The molecular weight excluding hydrogens is 488 g/mol. The van der Waals surface area contributed by atoms with Gasteiger partial charge in [0.25, 0.3) is 5.09 Å². The van der Waals surface area contributed by atoms with E-state index in [1.165, 1.54) is 24.3 Å². The zero-order valence-corrected chi connectivity index (χ0v) is 17.9. The van der Waals surface area contributed by atoms with Crippen LogP contribution in [0.3, 0.4) is 0 Å². The molecule has 0 saturated heterocycles. The summed E-state index contributed by atoms with van der Waals surface area (Å²) in [5.74, 6) is 0.145. The normalized spacial score (nSPS) is 12.9. The molecule has 3 aromatic rings. The zero-order chi connectivity index (χ0) is 22.5. The molecule has 0 spiro atoms. The highest BCUT2D eigenvalue weighted by Crippen LogP contribution is 2.30. The number of anilines is 1. The number of hydrogen-bond acceptors (Lipinski definition) is 11. The topological polar surface area (TPSA) is 141 Å². The summed E-state index contributed by atoms with van der Waals surface area (Å²) in [4.78, 5) is 41.7. The molecule has 13 heteroatoms. The van der Waals surface area contributed by atoms with Gasteiger partial charge in [-0.3, -0.25) is 19.8 Å². The predicted octanol–water partition coefficient (Wildman–Crippen LogP) is 3.22. The van der Waals surface area contributed by atoms with Gasteiger partial charge < -0.3 is 19.7 Å². The van der Waals surface area contributed by atoms with Crippen LogP contribution < -0.4 is 14.9 Å². The van der Waals surface area contributed by atoms with Crippen molar-refractivity contribution in [2.24, 2.45) is 4.99 Å². The van der Waals surface area contributed by atoms with E-state index in [0.717, 1.165) is 15.7 Å². The second kappa shape index (κ2) is 9.43. The largest absolute Gasteiger partial charge is 0.515 e. The SMILES string of the molecule is O=C(OCN1CCN=C1Nc1ccc2nccnc2c1Br)Oc1ccccc1O[N+](=O)[O-]. The molecule has 1 N–H and O–H groups in total. The van der Waals surface area contributed by atoms with Crippen LogP contribution >= 0.6 is 15.9 Å². The summed E-state index contributed by atoms with van der Waals surface area (Å²) in [6, 6.07) is 9.36. The maximum atomic E-state index is 12.1. The molecule has 32 heavy (non-hydrogen) atoms. The van der Waals surface area contributed by atoms with Crippen LogP contribution in [0, 0.1) is 10.1 Å². The van der Waals surface area contributed by atoms with Crippen LogP contribution in [-0.4, -0.2) is 51.9 Å². The number of carbonyl (C=O) groups is 1. The predicted molar refractivity (Wildman–Crippen MR) is 116 cm³/mol. The molecule has 1 aromatic heterocycles. The highest BCUT2D eigenvalue weighted by molar-refractivity contribution is 9.10. The van der Waals surface area contributed by atoms with E-state index in [4.69, 9.17) is 9.47 Å². The van der Waals surface area contributed by atoms with Crippen molar-refractivity contribution >= 4 is 44.8 Å². The van der Waals surface area contributed by atoms with Gasteiger partial charge in [0.2, 0.25) is 5.96 Å². The summed E-state index contributed by atoms with van der Waals surface area (Å²) in [6.45, 7) is 0.876. The Balaban J connectivity index is 1.37. The van der Waals surface area contributed by atoms with Crippen molar-refractivity contribution in [2.75, 3.05) is 25.1 Å². The first kappa shape index (κ1) is 21.2. The second-order valence-corrected chi connectivity index (χ2v) is 7.13. The smallest absolute Gasteiger partial charge is 0.412 e. The third kappa shape index (κ3) is 4.83. The Kier molecular flexibility index (Phi) is 6.26. The minimum Gasteiger partial charge on any atom is -0.412 e. The molecule has 12 nitrogen and oxygen atoms in total. The van der Waals surface area contributed by atoms with Crippen LogP contribution in [0.1, 0.15) is 0 Å². The molecule has 0 radical (unpaired) electrons. The molecule has 0 atom stereocenters. The van der Waals surface area contributed by atoms with Gasteiger partial charge in [0.05, 0.1) is 22.2 Å². The van der Waals surface area contributed by atoms with Crippen molar-refractivity contribution in [2.45, 2.75) is 0 Å². The fourth-order valence-electron chi connectivity index (χ4n) is 2.89. The minimum atomic E-state index is -1.04. The Morgan fingerprint density at radius 1 is 1.19 bits per heavy atom. The second-order valence-electron chi connectivity index (χ2n) is 6.33. The van der Waals surface area contributed by atoms with Crippen LogP contribution in [-0.2, 0) is 4.74 Å². The average Bonchev–Trinajstić information content (AvgIpc) is 3.22. The van der Waals surface area contributed by atoms with Gasteiger partial charge in [0.1, 0.15) is 5.52 Å². The Morgan fingerprint density at radius 3 is 2.78 bits per heavy atom. The Hall–Kier alpha value is -4.00. The maximum Gasteiger partial charge on any atom is 0.515 e. The van der Waals surface area contributed by atoms with E-state index in [2.05, 4.69) is 41.0 Å². The number of nitrogens with zero attached hydrogens (tertiary/aromatic N) is 5. The van der Waals surface area contributed by atoms with E-state index in [0.29, 0.717) is 24.6 Å². The van der Waals surface area contributed by atoms with Gasteiger partial charge in [-0.15, -0.1) is 10.1 Å². The lowest BCUT2D eigenvalue weighted by molar-refractivity contribution is -0.711. The van der Waals surface area contributed by atoms with Crippen LogP contribution in [0.15, 0.2) is 58.3 Å². The molecule has 0 amide bonds. The Labute approximate surface area is 189 Å². The molecule has 0 bridgehead atoms. The van der Waals surface area contributed by atoms with E-state index in [9.17, 15) is 14.9 Å². The Morgan fingerprint density at radius 2 is 1.97 bits per heavy atom. The number of hydrogen-bond donors (Lipinski definition) is 1. The lowest BCUT2D eigenvalue weighted by atomic mass is 10.2. The van der Waals surface area contributed by atoms with Gasteiger partial charge in [-0.05, 0) is 40.2 Å². The molecular formula is C19H15BrN6O6. The fraction of sp³-hybridized carbons (Fsp3) is 0.158. The number of para-hydroxylation sites is 2. The maximum absolute atomic E-state index is 12.1. The average molecular weight is 503 g/mol. The molecule has 2 aromatic carbocycles. The van der Waals surface area contributed by atoms with Gasteiger partial charge in [0, 0.05) is 18.9 Å². The number of nitrogens with one attached hydrogen (secondary N) is 1. The van der Waals surface area contributed by atoms with Gasteiger partial charge >= 0.3 is 6.16 Å². The number of fused-ring (bicyclic) bond motifs is 1. The van der Waals surface area contributed by atoms with Crippen LogP contribution in [0.2, 0.25) is 0 Å². The number of halogens is 1. The van der Waals surface area contributed by atoms with Crippen molar-refractivity contribution < 1.29 is 24.2 Å². The Bertz CT molecular complexity index is 1210. The molecule has 0 unspecified atom stereocenters. The first-order valence-corrected chi connectivity index (χ1v) is 10.0. The number of benzene rings is 2. The third-order valence-electron chi connectivity index (χ3n) is 4.31. The number of ether oxygens (including phenoxy) is 2. The first-order valence-electron chi connectivity index (χ1n) is 9.23. The van der Waals surface area contributed by atoms with E-state index >= 15 is 0 Å². The monoisotopic (exact) mass is 502 g/mol. The summed E-state index contributed by atoms with van der Waals surface area (Å²) in [5.41, 5.74) is 2.15. The highest BCUT2D eigenvalue weighted by Gasteiger charge is 2.21. The molecule has 2 heterocycles. The van der Waals surface area contributed by atoms with Crippen LogP contribution in [0.25, 0.3) is 11.0 Å². The van der Waals surface area contributed by atoms with Gasteiger partial charge in [-0.2, -0.15) is 0 Å². The lowest BCUT2D eigenvalue weighted by Gasteiger charge is -2.21. The standard InChI is InChI=1S/C19H15BrN6O6/c20-16-12(5-6-13-17(16)22-8-7-21-13)24-18-23-9-10-25(18)11-30-19(27)31-14-3-1-2-4-15(14)32-26(28)29/h1-8H,9-11H2,(H,23,24). The molecule has 0 saturated carbocycles. The third-order valence-corrected chi connectivity index (χ3v) is 5.11. The van der Waals surface area contributed by atoms with Crippen LogP contribution in [0.4, 0.5) is 10.5 Å². The summed E-state index contributed by atoms with van der Waals surface area (Å²) in [7, 11) is 0. The van der Waals surface area contributed by atoms with Crippen molar-refractivity contribution in [1.29, 1.82) is 0 Å². The fourth-order valence-corrected chi connectivity index (χ4v) is 3.42. The summed E-state index contributed by atoms with van der Waals surface area (Å²) < 4.78 is 10.9. The highest BCUT2D eigenvalue weighted by atomic mass is 79.9. The first-order chi connectivity index (χ1) is 15.5. The van der Waals surface area contributed by atoms with Crippen molar-refractivity contribution in [3.05, 3.63) is 63.4 Å². The minimum absolute atomic E-state index is 0.135. The quantitative estimate of drug-likeness (QED) is 0.231. The van der Waals surface area contributed by atoms with Crippen molar-refractivity contribution in [3.63, 3.8) is 0 Å². The molecule has 0 fully saturated rings. The van der Waals surface area contributed by atoms with E-state index in [1.54, 1.807) is 17.3 Å². The lowest BCUT2D eigenvalue weighted by Crippen LogP contribution is -2.36. The molecule has 1 aliphatic heterocycles. The number of rotatable bonds is 6. The molecule has 164 valence electrons. The van der Waals surface area contributed by atoms with Gasteiger partial charge in [0.15, 0.2) is 18.2 Å². The van der Waals surface area contributed by atoms with Gasteiger partial charge in [-0.1, -0.05) is 12.1 Å². The zero-order valence-electron chi connectivity index (χ0n) is 16.3. The van der Waals surface area contributed by atoms with Crippen molar-refractivity contribution in [3.8, 4) is 11.5 Å². The summed E-state index contributed by atoms with van der Waals surface area (Å²) in [5, 5.41) is 12.8. The molecule has 4 rings (SSSR count). The molecule has 1 aliphatic rings. The van der Waals surface area contributed by atoms with E-state index < -0.39 is 11.2 Å². The van der Waals surface area contributed by atoms with Gasteiger partial charge in [-0.25, -0.2) is 4.79 Å². The van der Waals surface area contributed by atoms with Crippen molar-refractivity contribution in [1.82, 2.24) is 14.9 Å². The number of carbonyl (C=O) groups excluding carboxylic acids is 1. The van der Waals surface area contributed by atoms with E-state index in [-0.39, 0.29) is 18.2 Å². The number of aromatic nitrogens is 2. The summed E-state index contributed by atoms with van der Waals surface area (Å²) in [6.07, 6.45) is 2.17. The molecule has 0 aliphatic carbocycles. The number of guanidine groups is 1. The summed E-state index contributed by atoms with van der Waals surface area (Å²) >= 11 is 3.53. The number of aliphatic imine (C=N–C) groups is 1. The van der Waals surface area contributed by atoms with E-state index in [1.807, 2.05) is 12.1 Å².